The molecule has 0 aliphatic carbocycles. The highest BCUT2D eigenvalue weighted by molar-refractivity contribution is 6.30. The molecule has 2 aromatic carbocycles. The van der Waals surface area contributed by atoms with E-state index in [-0.39, 0.29) is 18.1 Å². The van der Waals surface area contributed by atoms with Crippen LogP contribution in [-0.4, -0.2) is 39.4 Å². The van der Waals surface area contributed by atoms with Crippen LogP contribution in [0.25, 0.3) is 5.69 Å². The number of carbonyl (C=O) groups is 1. The molecule has 1 aliphatic heterocycles. The molecule has 1 aromatic heterocycles. The summed E-state index contributed by atoms with van der Waals surface area (Å²) in [5, 5.41) is 9.54. The molecule has 0 saturated heterocycles. The van der Waals surface area contributed by atoms with E-state index in [1.165, 1.54) is 0 Å². The molecule has 0 spiro atoms. The van der Waals surface area contributed by atoms with Gasteiger partial charge in [-0.1, -0.05) is 43.5 Å². The molecule has 4 rings (SSSR count). The molecule has 0 saturated carbocycles. The Balaban J connectivity index is 1.78. The third-order valence-electron chi connectivity index (χ3n) is 6.92. The van der Waals surface area contributed by atoms with Crippen LogP contribution in [0.5, 0.6) is 5.75 Å². The minimum Gasteiger partial charge on any atom is -0.494 e. The number of nitrogens with zero attached hydrogens (tertiary/aromatic N) is 4. The number of hydrogen-bond donors (Lipinski definition) is 1. The molecule has 37 heavy (non-hydrogen) atoms. The Bertz CT molecular complexity index is 1250. The van der Waals surface area contributed by atoms with Gasteiger partial charge < -0.3 is 10.5 Å². The van der Waals surface area contributed by atoms with Gasteiger partial charge in [0.05, 0.1) is 18.0 Å². The fraction of sp³-hybridized carbons (Fsp3) is 0.448. The molecular weight excluding hydrogens is 486 g/mol. The number of unbranched alkanes of at least 4 members (excludes halogenated alkanes) is 2. The molecule has 2 unspecified atom stereocenters. The smallest absolute Gasteiger partial charge is 0.162 e. The number of Topliss-reactive ketones (excluding diaryl/α,β-unsaturated/α-hetero) is 1. The van der Waals surface area contributed by atoms with E-state index in [1.807, 2.05) is 60.9 Å². The maximum atomic E-state index is 13.5. The van der Waals surface area contributed by atoms with Crippen molar-refractivity contribution in [1.82, 2.24) is 14.8 Å². The van der Waals surface area contributed by atoms with Crippen molar-refractivity contribution in [3.8, 4) is 11.4 Å². The number of rotatable bonds is 12. The van der Waals surface area contributed by atoms with Gasteiger partial charge in [0.1, 0.15) is 23.4 Å². The van der Waals surface area contributed by atoms with Crippen LogP contribution in [0.15, 0.2) is 47.5 Å². The minimum absolute atomic E-state index is 0.000361. The van der Waals surface area contributed by atoms with Gasteiger partial charge in [-0.15, -0.1) is 10.2 Å². The number of benzene rings is 2. The molecule has 7 nitrogen and oxygen atoms in total. The SMILES string of the molecule is CCOc1ccc2c(c1)C(c1ccc(Cl)cc1)=NC(CC(=O)C(CC)CCCCCN)c1nnc(C)n1-2. The summed E-state index contributed by atoms with van der Waals surface area (Å²) in [6.45, 7) is 7.22. The third-order valence-corrected chi connectivity index (χ3v) is 7.18. The van der Waals surface area contributed by atoms with Crippen molar-refractivity contribution >= 4 is 23.1 Å². The second-order valence-corrected chi connectivity index (χ2v) is 9.90. The van der Waals surface area contributed by atoms with Gasteiger partial charge in [-0.05, 0) is 70.0 Å². The summed E-state index contributed by atoms with van der Waals surface area (Å²) in [4.78, 5) is 18.7. The Morgan fingerprint density at radius 2 is 1.89 bits per heavy atom. The van der Waals surface area contributed by atoms with E-state index in [9.17, 15) is 4.79 Å². The zero-order valence-corrected chi connectivity index (χ0v) is 22.7. The maximum absolute atomic E-state index is 13.5. The standard InChI is InChI=1S/C29H36ClN5O2/c1-4-20(9-7-6-8-16-31)27(36)18-25-29-34-33-19(3)35(29)26-15-14-23(37-5-2)17-24(26)28(32-25)21-10-12-22(30)13-11-21/h10-15,17,20,25H,4-9,16,18,31H2,1-3H3. The molecule has 2 atom stereocenters. The summed E-state index contributed by atoms with van der Waals surface area (Å²) < 4.78 is 7.85. The van der Waals surface area contributed by atoms with Crippen molar-refractivity contribution in [2.45, 2.75) is 65.3 Å². The number of aryl methyl sites for hydroxylation is 1. The van der Waals surface area contributed by atoms with Crippen LogP contribution >= 0.6 is 11.6 Å². The predicted octanol–water partition coefficient (Wildman–Crippen LogP) is 6.02. The number of hydrogen-bond acceptors (Lipinski definition) is 6. The highest BCUT2D eigenvalue weighted by atomic mass is 35.5. The van der Waals surface area contributed by atoms with E-state index in [2.05, 4.69) is 17.1 Å². The van der Waals surface area contributed by atoms with Gasteiger partial charge in [-0.25, -0.2) is 0 Å². The molecule has 1 aliphatic rings. The van der Waals surface area contributed by atoms with Gasteiger partial charge in [-0.2, -0.15) is 0 Å². The quantitative estimate of drug-likeness (QED) is 0.294. The number of carbonyl (C=O) groups excluding carboxylic acids is 1. The number of fused-ring (bicyclic) bond motifs is 3. The van der Waals surface area contributed by atoms with Crippen LogP contribution < -0.4 is 10.5 Å². The highest BCUT2D eigenvalue weighted by Gasteiger charge is 2.31. The monoisotopic (exact) mass is 521 g/mol. The summed E-state index contributed by atoms with van der Waals surface area (Å²) in [5.41, 5.74) is 9.16. The fourth-order valence-corrected chi connectivity index (χ4v) is 5.09. The van der Waals surface area contributed by atoms with Crippen LogP contribution in [0.2, 0.25) is 5.02 Å². The zero-order valence-electron chi connectivity index (χ0n) is 21.9. The largest absolute Gasteiger partial charge is 0.494 e. The van der Waals surface area contributed by atoms with Crippen molar-refractivity contribution in [2.75, 3.05) is 13.2 Å². The molecule has 196 valence electrons. The number of ether oxygens (including phenoxy) is 1. The number of halogens is 1. The minimum atomic E-state index is -0.458. The lowest BCUT2D eigenvalue weighted by molar-refractivity contribution is -0.123. The van der Waals surface area contributed by atoms with Crippen molar-refractivity contribution in [1.29, 1.82) is 0 Å². The second-order valence-electron chi connectivity index (χ2n) is 9.47. The topological polar surface area (TPSA) is 95.4 Å². The van der Waals surface area contributed by atoms with E-state index >= 15 is 0 Å². The van der Waals surface area contributed by atoms with E-state index in [0.717, 1.165) is 66.2 Å². The van der Waals surface area contributed by atoms with E-state index in [4.69, 9.17) is 27.1 Å². The number of aliphatic imine (C=N–C) groups is 1. The van der Waals surface area contributed by atoms with E-state index in [1.54, 1.807) is 0 Å². The van der Waals surface area contributed by atoms with Gasteiger partial charge in [0.15, 0.2) is 5.82 Å². The average Bonchev–Trinajstić information content (AvgIpc) is 3.22. The molecule has 0 radical (unpaired) electrons. The Kier molecular flexibility index (Phi) is 9.11. The molecule has 0 fully saturated rings. The van der Waals surface area contributed by atoms with Crippen LogP contribution in [0.3, 0.4) is 0 Å². The molecule has 3 aromatic rings. The lowest BCUT2D eigenvalue weighted by Crippen LogP contribution is -2.18. The average molecular weight is 522 g/mol. The summed E-state index contributed by atoms with van der Waals surface area (Å²) in [6.07, 6.45) is 5.01. The Hall–Kier alpha value is -3.03. The van der Waals surface area contributed by atoms with Gasteiger partial charge in [0.25, 0.3) is 0 Å². The first-order chi connectivity index (χ1) is 18.0. The van der Waals surface area contributed by atoms with Crippen molar-refractivity contribution < 1.29 is 9.53 Å². The molecule has 2 heterocycles. The van der Waals surface area contributed by atoms with Crippen molar-refractivity contribution in [3.63, 3.8) is 0 Å². The predicted molar refractivity (Wildman–Crippen MR) is 148 cm³/mol. The molecule has 8 heteroatoms. The number of nitrogens with two attached hydrogens (primary N) is 1. The summed E-state index contributed by atoms with van der Waals surface area (Å²) >= 11 is 6.20. The zero-order chi connectivity index (χ0) is 26.4. The highest BCUT2D eigenvalue weighted by Crippen LogP contribution is 2.35. The third kappa shape index (κ3) is 6.11. The first kappa shape index (κ1) is 27.0. The first-order valence-corrected chi connectivity index (χ1v) is 13.6. The summed E-state index contributed by atoms with van der Waals surface area (Å²) in [5.74, 6) is 2.40. The van der Waals surface area contributed by atoms with Crippen LogP contribution in [0.4, 0.5) is 0 Å². The van der Waals surface area contributed by atoms with Crippen molar-refractivity contribution in [2.24, 2.45) is 16.6 Å². The van der Waals surface area contributed by atoms with E-state index in [0.29, 0.717) is 24.0 Å². The van der Waals surface area contributed by atoms with Crippen LogP contribution in [0, 0.1) is 12.8 Å². The van der Waals surface area contributed by atoms with Crippen LogP contribution in [0.1, 0.15) is 81.2 Å². The van der Waals surface area contributed by atoms with Gasteiger partial charge in [0.2, 0.25) is 0 Å². The fourth-order valence-electron chi connectivity index (χ4n) is 4.97. The second kappa shape index (κ2) is 12.5. The Morgan fingerprint density at radius 3 is 2.59 bits per heavy atom. The normalized spacial score (nSPS) is 15.4. The Labute approximate surface area is 224 Å². The van der Waals surface area contributed by atoms with E-state index < -0.39 is 6.04 Å². The summed E-state index contributed by atoms with van der Waals surface area (Å²) in [6, 6.07) is 13.2. The van der Waals surface area contributed by atoms with Crippen molar-refractivity contribution in [3.05, 3.63) is 70.3 Å². The van der Waals surface area contributed by atoms with Gasteiger partial charge in [-0.3, -0.25) is 14.4 Å². The molecule has 2 N–H and O–H groups in total. The Morgan fingerprint density at radius 1 is 1.11 bits per heavy atom. The number of ketones is 1. The molecule has 0 amide bonds. The maximum Gasteiger partial charge on any atom is 0.162 e. The van der Waals surface area contributed by atoms with Crippen LogP contribution in [-0.2, 0) is 4.79 Å². The lowest BCUT2D eigenvalue weighted by atomic mass is 9.90. The molecular formula is C29H36ClN5O2. The van der Waals surface area contributed by atoms with Gasteiger partial charge in [0, 0.05) is 28.5 Å². The molecule has 0 bridgehead atoms. The van der Waals surface area contributed by atoms with Gasteiger partial charge >= 0.3 is 0 Å². The first-order valence-electron chi connectivity index (χ1n) is 13.2. The summed E-state index contributed by atoms with van der Waals surface area (Å²) in [7, 11) is 0. The lowest BCUT2D eigenvalue weighted by Gasteiger charge is -2.17. The number of aromatic nitrogens is 3.